The van der Waals surface area contributed by atoms with Crippen LogP contribution < -0.4 is 0 Å². The lowest BCUT2D eigenvalue weighted by Gasteiger charge is -2.31. The van der Waals surface area contributed by atoms with Crippen molar-refractivity contribution in [3.63, 3.8) is 0 Å². The molecule has 0 radical (unpaired) electrons. The van der Waals surface area contributed by atoms with Gasteiger partial charge in [0.25, 0.3) is 0 Å². The van der Waals surface area contributed by atoms with Crippen LogP contribution in [0.15, 0.2) is 41.2 Å². The average molecular weight is 358 g/mol. The second-order valence-corrected chi connectivity index (χ2v) is 7.13. The minimum absolute atomic E-state index is 0.235. The second kappa shape index (κ2) is 6.93. The van der Waals surface area contributed by atoms with E-state index in [-0.39, 0.29) is 5.75 Å². The molecular formula is C18H19FN4OS. The first-order valence-corrected chi connectivity index (χ1v) is 9.28. The molecule has 1 saturated heterocycles. The van der Waals surface area contributed by atoms with Crippen molar-refractivity contribution in [1.82, 2.24) is 19.9 Å². The molecule has 0 aliphatic carbocycles. The van der Waals surface area contributed by atoms with Gasteiger partial charge in [0.2, 0.25) is 0 Å². The summed E-state index contributed by atoms with van der Waals surface area (Å²) in [5.41, 5.74) is 2.66. The zero-order valence-corrected chi connectivity index (χ0v) is 14.5. The number of phenolic OH excluding ortho intramolecular Hbond substituents is 1. The molecule has 25 heavy (non-hydrogen) atoms. The zero-order chi connectivity index (χ0) is 17.2. The molecule has 0 saturated carbocycles. The van der Waals surface area contributed by atoms with Crippen LogP contribution in [-0.2, 0) is 6.54 Å². The minimum Gasteiger partial charge on any atom is -0.505 e. The number of thiophene rings is 1. The highest BCUT2D eigenvalue weighted by Crippen LogP contribution is 2.28. The quantitative estimate of drug-likeness (QED) is 0.773. The summed E-state index contributed by atoms with van der Waals surface area (Å²) in [5, 5.41) is 22.5. The van der Waals surface area contributed by atoms with Gasteiger partial charge in [-0.3, -0.25) is 4.90 Å². The predicted octanol–water partition coefficient (Wildman–Crippen LogP) is 3.69. The molecule has 3 heterocycles. The molecule has 0 spiro atoms. The lowest BCUT2D eigenvalue weighted by molar-refractivity contribution is 0.170. The summed E-state index contributed by atoms with van der Waals surface area (Å²) < 4.78 is 15.4. The van der Waals surface area contributed by atoms with Gasteiger partial charge >= 0.3 is 0 Å². The molecule has 0 atom stereocenters. The van der Waals surface area contributed by atoms with Gasteiger partial charge in [0.15, 0.2) is 11.6 Å². The number of aromatic hydroxyl groups is 1. The van der Waals surface area contributed by atoms with Gasteiger partial charge in [-0.2, -0.15) is 11.3 Å². The van der Waals surface area contributed by atoms with Crippen LogP contribution in [0.4, 0.5) is 4.39 Å². The van der Waals surface area contributed by atoms with Crippen LogP contribution in [0, 0.1) is 5.82 Å². The number of nitrogens with zero attached hydrogens (tertiary/aromatic N) is 4. The van der Waals surface area contributed by atoms with Gasteiger partial charge in [-0.15, -0.1) is 5.10 Å². The summed E-state index contributed by atoms with van der Waals surface area (Å²) in [7, 11) is 0. The van der Waals surface area contributed by atoms with E-state index in [1.807, 2.05) is 22.3 Å². The summed E-state index contributed by atoms with van der Waals surface area (Å²) in [6.07, 6.45) is 3.94. The highest BCUT2D eigenvalue weighted by atomic mass is 32.1. The van der Waals surface area contributed by atoms with Crippen LogP contribution in [0.5, 0.6) is 5.75 Å². The highest BCUT2D eigenvalue weighted by molar-refractivity contribution is 7.08. The molecule has 1 aliphatic rings. The molecule has 3 aromatic rings. The van der Waals surface area contributed by atoms with Crippen LogP contribution in [0.25, 0.3) is 11.3 Å². The Balaban J connectivity index is 1.38. The van der Waals surface area contributed by atoms with E-state index in [1.165, 1.54) is 6.07 Å². The molecule has 130 valence electrons. The van der Waals surface area contributed by atoms with E-state index in [2.05, 4.69) is 20.6 Å². The second-order valence-electron chi connectivity index (χ2n) is 6.35. The van der Waals surface area contributed by atoms with Gasteiger partial charge in [0.05, 0.1) is 12.2 Å². The molecular weight excluding hydrogens is 339 g/mol. The summed E-state index contributed by atoms with van der Waals surface area (Å²) in [6.45, 7) is 2.33. The Morgan fingerprint density at radius 1 is 1.24 bits per heavy atom. The number of likely N-dealkylation sites (tertiary alicyclic amines) is 1. The van der Waals surface area contributed by atoms with Gasteiger partial charge < -0.3 is 5.11 Å². The van der Waals surface area contributed by atoms with Crippen molar-refractivity contribution in [2.45, 2.75) is 25.4 Å². The van der Waals surface area contributed by atoms with Crippen molar-refractivity contribution < 1.29 is 9.50 Å². The number of aromatic nitrogens is 3. The van der Waals surface area contributed by atoms with E-state index in [0.29, 0.717) is 18.2 Å². The normalized spacial score (nSPS) is 16.4. The summed E-state index contributed by atoms with van der Waals surface area (Å²) >= 11 is 1.65. The van der Waals surface area contributed by atoms with Gasteiger partial charge in [0, 0.05) is 36.1 Å². The Labute approximate surface area is 149 Å². The smallest absolute Gasteiger partial charge is 0.165 e. The molecule has 5 nitrogen and oxygen atoms in total. The van der Waals surface area contributed by atoms with Gasteiger partial charge in [-0.25, -0.2) is 9.07 Å². The fourth-order valence-corrected chi connectivity index (χ4v) is 3.92. The molecule has 0 unspecified atom stereocenters. The van der Waals surface area contributed by atoms with E-state index in [9.17, 15) is 9.50 Å². The topological polar surface area (TPSA) is 54.2 Å². The molecule has 7 heteroatoms. The SMILES string of the molecule is Oc1c(F)cccc1CN1CCC(n2cc(-c3ccsc3)nn2)CC1. The largest absolute Gasteiger partial charge is 0.505 e. The fraction of sp³-hybridized carbons (Fsp3) is 0.333. The van der Waals surface area contributed by atoms with Crippen LogP contribution in [0.1, 0.15) is 24.4 Å². The summed E-state index contributed by atoms with van der Waals surface area (Å²) in [4.78, 5) is 2.24. The molecule has 0 bridgehead atoms. The van der Waals surface area contributed by atoms with Crippen LogP contribution in [0.3, 0.4) is 0 Å². The van der Waals surface area contributed by atoms with Crippen LogP contribution in [-0.4, -0.2) is 38.1 Å². The number of hydrogen-bond donors (Lipinski definition) is 1. The maximum atomic E-state index is 13.4. The lowest BCUT2D eigenvalue weighted by Crippen LogP contribution is -2.34. The van der Waals surface area contributed by atoms with E-state index in [4.69, 9.17) is 0 Å². The maximum Gasteiger partial charge on any atom is 0.165 e. The molecule has 2 aromatic heterocycles. The minimum atomic E-state index is -0.559. The zero-order valence-electron chi connectivity index (χ0n) is 13.7. The van der Waals surface area contributed by atoms with Crippen molar-refractivity contribution in [3.8, 4) is 17.0 Å². The Kier molecular flexibility index (Phi) is 4.50. The molecule has 1 aromatic carbocycles. The standard InChI is InChI=1S/C18H19FN4OS/c19-16-3-1-2-13(18(16)24)10-22-7-4-15(5-8-22)23-11-17(20-21-23)14-6-9-25-12-14/h1-3,6,9,11-12,15,24H,4-5,7-8,10H2. The third kappa shape index (κ3) is 3.43. The Morgan fingerprint density at radius 3 is 2.84 bits per heavy atom. The number of para-hydroxylation sites is 1. The van der Waals surface area contributed by atoms with E-state index < -0.39 is 5.82 Å². The first-order valence-electron chi connectivity index (χ1n) is 8.34. The van der Waals surface area contributed by atoms with Gasteiger partial charge in [-0.05, 0) is 30.4 Å². The van der Waals surface area contributed by atoms with Crippen LogP contribution in [0.2, 0.25) is 0 Å². The van der Waals surface area contributed by atoms with Crippen molar-refractivity contribution >= 4 is 11.3 Å². The number of phenols is 1. The van der Waals surface area contributed by atoms with Gasteiger partial charge in [0.1, 0.15) is 5.69 Å². The predicted molar refractivity (Wildman–Crippen MR) is 94.9 cm³/mol. The highest BCUT2D eigenvalue weighted by Gasteiger charge is 2.23. The Hall–Kier alpha value is -2.25. The summed E-state index contributed by atoms with van der Waals surface area (Å²) in [5.74, 6) is -0.794. The number of benzene rings is 1. The Morgan fingerprint density at radius 2 is 2.08 bits per heavy atom. The van der Waals surface area contributed by atoms with E-state index in [0.717, 1.165) is 37.2 Å². The monoisotopic (exact) mass is 358 g/mol. The number of halogens is 1. The molecule has 1 aliphatic heterocycles. The first kappa shape index (κ1) is 16.2. The molecule has 4 rings (SSSR count). The maximum absolute atomic E-state index is 13.4. The van der Waals surface area contributed by atoms with Gasteiger partial charge in [-0.1, -0.05) is 17.3 Å². The molecule has 1 N–H and O–H groups in total. The first-order chi connectivity index (χ1) is 12.2. The average Bonchev–Trinajstić information content (AvgIpc) is 3.31. The third-order valence-electron chi connectivity index (χ3n) is 4.72. The summed E-state index contributed by atoms with van der Waals surface area (Å²) in [6, 6.07) is 7.07. The van der Waals surface area contributed by atoms with Crippen molar-refractivity contribution in [1.29, 1.82) is 0 Å². The fourth-order valence-electron chi connectivity index (χ4n) is 3.27. The van der Waals surface area contributed by atoms with Crippen molar-refractivity contribution in [2.75, 3.05) is 13.1 Å². The molecule has 1 fully saturated rings. The van der Waals surface area contributed by atoms with E-state index in [1.54, 1.807) is 23.5 Å². The van der Waals surface area contributed by atoms with Crippen molar-refractivity contribution in [3.05, 3.63) is 52.6 Å². The third-order valence-corrected chi connectivity index (χ3v) is 5.41. The molecule has 0 amide bonds. The Bertz CT molecular complexity index is 841. The van der Waals surface area contributed by atoms with Crippen molar-refractivity contribution in [2.24, 2.45) is 0 Å². The van der Waals surface area contributed by atoms with E-state index >= 15 is 0 Å². The number of rotatable bonds is 4. The van der Waals surface area contributed by atoms with Crippen LogP contribution >= 0.6 is 11.3 Å². The number of piperidine rings is 1. The number of hydrogen-bond acceptors (Lipinski definition) is 5. The lowest BCUT2D eigenvalue weighted by atomic mass is 10.0.